The van der Waals surface area contributed by atoms with E-state index in [1.807, 2.05) is 6.92 Å². The molecule has 0 aliphatic carbocycles. The van der Waals surface area contributed by atoms with Gasteiger partial charge in [0.05, 0.1) is 0 Å². The van der Waals surface area contributed by atoms with E-state index in [9.17, 15) is 8.42 Å². The zero-order valence-corrected chi connectivity index (χ0v) is 9.98. The van der Waals surface area contributed by atoms with E-state index in [2.05, 4.69) is 14.7 Å². The van der Waals surface area contributed by atoms with Crippen molar-refractivity contribution in [3.05, 3.63) is 48.4 Å². The summed E-state index contributed by atoms with van der Waals surface area (Å²) < 4.78 is 26.2. The Hall–Kier alpha value is -1.95. The Kier molecular flexibility index (Phi) is 3.06. The lowest BCUT2D eigenvalue weighted by Gasteiger charge is -2.06. The standard InChI is InChI=1S/C11H11N3O2S/c1-9-4-5-11(13-7-9)14-17(15,16)10-3-2-6-12-8-10/h2-8H,1H3,(H,13,14). The molecule has 17 heavy (non-hydrogen) atoms. The Morgan fingerprint density at radius 1 is 1.18 bits per heavy atom. The SMILES string of the molecule is Cc1ccc(NS(=O)(=O)c2cccnc2)nc1. The molecule has 0 spiro atoms. The van der Waals surface area contributed by atoms with Gasteiger partial charge >= 0.3 is 0 Å². The van der Waals surface area contributed by atoms with Gasteiger partial charge in [0, 0.05) is 18.6 Å². The average molecular weight is 249 g/mol. The van der Waals surface area contributed by atoms with Gasteiger partial charge in [0.15, 0.2) is 0 Å². The second kappa shape index (κ2) is 4.50. The summed E-state index contributed by atoms with van der Waals surface area (Å²) in [5, 5.41) is 0. The second-order valence-electron chi connectivity index (χ2n) is 3.52. The van der Waals surface area contributed by atoms with E-state index in [1.54, 1.807) is 24.4 Å². The third kappa shape index (κ3) is 2.79. The van der Waals surface area contributed by atoms with E-state index in [0.29, 0.717) is 5.82 Å². The summed E-state index contributed by atoms with van der Waals surface area (Å²) in [5.41, 5.74) is 0.967. The molecule has 0 saturated carbocycles. The van der Waals surface area contributed by atoms with Gasteiger partial charge in [-0.15, -0.1) is 0 Å². The van der Waals surface area contributed by atoms with Crippen LogP contribution in [0.4, 0.5) is 5.82 Å². The molecule has 0 aliphatic rings. The first-order valence-electron chi connectivity index (χ1n) is 4.93. The lowest BCUT2D eigenvalue weighted by atomic mass is 10.3. The molecule has 2 heterocycles. The summed E-state index contributed by atoms with van der Waals surface area (Å²) >= 11 is 0. The predicted octanol–water partition coefficient (Wildman–Crippen LogP) is 1.59. The molecule has 0 atom stereocenters. The molecule has 0 radical (unpaired) electrons. The van der Waals surface area contributed by atoms with Crippen molar-refractivity contribution in [2.75, 3.05) is 4.72 Å². The number of hydrogen-bond acceptors (Lipinski definition) is 4. The summed E-state index contributed by atoms with van der Waals surface area (Å²) in [5.74, 6) is 0.291. The first-order chi connectivity index (χ1) is 8.08. The number of pyridine rings is 2. The first kappa shape index (κ1) is 11.5. The van der Waals surface area contributed by atoms with Crippen LogP contribution in [0.3, 0.4) is 0 Å². The van der Waals surface area contributed by atoms with Crippen LogP contribution in [0, 0.1) is 6.92 Å². The number of rotatable bonds is 3. The summed E-state index contributed by atoms with van der Waals surface area (Å²) in [6, 6.07) is 6.44. The van der Waals surface area contributed by atoms with Gasteiger partial charge in [-0.2, -0.15) is 0 Å². The van der Waals surface area contributed by atoms with Crippen LogP contribution in [0.5, 0.6) is 0 Å². The zero-order chi connectivity index (χ0) is 12.3. The van der Waals surface area contributed by atoms with Gasteiger partial charge in [-0.3, -0.25) is 9.71 Å². The van der Waals surface area contributed by atoms with Gasteiger partial charge < -0.3 is 0 Å². The molecule has 2 rings (SSSR count). The highest BCUT2D eigenvalue weighted by molar-refractivity contribution is 7.92. The molecular formula is C11H11N3O2S. The summed E-state index contributed by atoms with van der Waals surface area (Å²) in [6.07, 6.45) is 4.40. The van der Waals surface area contributed by atoms with Crippen LogP contribution in [-0.4, -0.2) is 18.4 Å². The number of sulfonamides is 1. The quantitative estimate of drug-likeness (QED) is 0.896. The van der Waals surface area contributed by atoms with E-state index in [-0.39, 0.29) is 4.90 Å². The minimum absolute atomic E-state index is 0.113. The number of nitrogens with one attached hydrogen (secondary N) is 1. The molecule has 0 unspecified atom stereocenters. The Morgan fingerprint density at radius 2 is 2.00 bits per heavy atom. The van der Waals surface area contributed by atoms with Gasteiger partial charge in [-0.1, -0.05) is 6.07 Å². The van der Waals surface area contributed by atoms with E-state index < -0.39 is 10.0 Å². The minimum atomic E-state index is -3.60. The largest absolute Gasteiger partial charge is 0.264 e. The molecule has 0 aliphatic heterocycles. The Bertz CT molecular complexity index is 594. The monoisotopic (exact) mass is 249 g/mol. The lowest BCUT2D eigenvalue weighted by molar-refractivity contribution is 0.600. The van der Waals surface area contributed by atoms with Gasteiger partial charge in [-0.25, -0.2) is 13.4 Å². The minimum Gasteiger partial charge on any atom is -0.263 e. The van der Waals surface area contributed by atoms with Crippen molar-refractivity contribution < 1.29 is 8.42 Å². The molecule has 0 fully saturated rings. The highest BCUT2D eigenvalue weighted by Crippen LogP contribution is 2.12. The normalized spacial score (nSPS) is 11.1. The third-order valence-corrected chi connectivity index (χ3v) is 3.43. The molecule has 0 bridgehead atoms. The maximum atomic E-state index is 11.9. The molecule has 5 nitrogen and oxygen atoms in total. The zero-order valence-electron chi connectivity index (χ0n) is 9.16. The molecule has 0 saturated heterocycles. The van der Waals surface area contributed by atoms with Crippen molar-refractivity contribution in [2.24, 2.45) is 0 Å². The van der Waals surface area contributed by atoms with Crippen molar-refractivity contribution >= 4 is 15.8 Å². The number of anilines is 1. The van der Waals surface area contributed by atoms with E-state index in [1.165, 1.54) is 18.5 Å². The van der Waals surface area contributed by atoms with Crippen LogP contribution < -0.4 is 4.72 Å². The second-order valence-corrected chi connectivity index (χ2v) is 5.20. The molecular weight excluding hydrogens is 238 g/mol. The van der Waals surface area contributed by atoms with Crippen LogP contribution in [0.15, 0.2) is 47.8 Å². The molecule has 0 amide bonds. The van der Waals surface area contributed by atoms with Gasteiger partial charge in [0.1, 0.15) is 10.7 Å². The van der Waals surface area contributed by atoms with Crippen molar-refractivity contribution in [3.63, 3.8) is 0 Å². The van der Waals surface area contributed by atoms with Crippen LogP contribution in [-0.2, 0) is 10.0 Å². The number of nitrogens with zero attached hydrogens (tertiary/aromatic N) is 2. The van der Waals surface area contributed by atoms with Crippen molar-refractivity contribution in [1.29, 1.82) is 0 Å². The van der Waals surface area contributed by atoms with Crippen molar-refractivity contribution in [1.82, 2.24) is 9.97 Å². The van der Waals surface area contributed by atoms with Gasteiger partial charge in [0.2, 0.25) is 0 Å². The molecule has 6 heteroatoms. The number of aryl methyl sites for hydroxylation is 1. The molecule has 1 N–H and O–H groups in total. The molecule has 2 aromatic heterocycles. The molecule has 88 valence electrons. The summed E-state index contributed by atoms with van der Waals surface area (Å²) in [4.78, 5) is 7.86. The third-order valence-electron chi connectivity index (χ3n) is 2.09. The maximum Gasteiger partial charge on any atom is 0.264 e. The van der Waals surface area contributed by atoms with Crippen LogP contribution in [0.1, 0.15) is 5.56 Å². The fourth-order valence-corrected chi connectivity index (χ4v) is 2.20. The lowest BCUT2D eigenvalue weighted by Crippen LogP contribution is -2.13. The first-order valence-corrected chi connectivity index (χ1v) is 6.42. The van der Waals surface area contributed by atoms with E-state index in [4.69, 9.17) is 0 Å². The van der Waals surface area contributed by atoms with Crippen molar-refractivity contribution in [3.8, 4) is 0 Å². The van der Waals surface area contributed by atoms with Gasteiger partial charge in [0.25, 0.3) is 10.0 Å². The van der Waals surface area contributed by atoms with E-state index in [0.717, 1.165) is 5.56 Å². The summed E-state index contributed by atoms with van der Waals surface area (Å²) in [6.45, 7) is 1.88. The summed E-state index contributed by atoms with van der Waals surface area (Å²) in [7, 11) is -3.60. The Morgan fingerprint density at radius 3 is 2.59 bits per heavy atom. The predicted molar refractivity (Wildman–Crippen MR) is 64.0 cm³/mol. The number of aromatic nitrogens is 2. The van der Waals surface area contributed by atoms with Gasteiger partial charge in [-0.05, 0) is 30.7 Å². The Labute approximate surface area is 99.6 Å². The van der Waals surface area contributed by atoms with Crippen LogP contribution in [0.25, 0.3) is 0 Å². The average Bonchev–Trinajstić information content (AvgIpc) is 2.33. The van der Waals surface area contributed by atoms with Crippen molar-refractivity contribution in [2.45, 2.75) is 11.8 Å². The fraction of sp³-hybridized carbons (Fsp3) is 0.0909. The van der Waals surface area contributed by atoms with Crippen LogP contribution in [0.2, 0.25) is 0 Å². The highest BCUT2D eigenvalue weighted by atomic mass is 32.2. The number of hydrogen-bond donors (Lipinski definition) is 1. The topological polar surface area (TPSA) is 72.0 Å². The maximum absolute atomic E-state index is 11.9. The fourth-order valence-electron chi connectivity index (χ4n) is 1.23. The Balaban J connectivity index is 2.27. The van der Waals surface area contributed by atoms with E-state index >= 15 is 0 Å². The van der Waals surface area contributed by atoms with Crippen LogP contribution >= 0.6 is 0 Å². The molecule has 2 aromatic rings. The highest BCUT2D eigenvalue weighted by Gasteiger charge is 2.14. The molecule has 0 aromatic carbocycles. The smallest absolute Gasteiger partial charge is 0.263 e.